The highest BCUT2D eigenvalue weighted by Crippen LogP contribution is 2.34. The van der Waals surface area contributed by atoms with Crippen LogP contribution in [0.25, 0.3) is 0 Å². The molecule has 0 aliphatic carbocycles. The van der Waals surface area contributed by atoms with Gasteiger partial charge in [0.2, 0.25) is 0 Å². The van der Waals surface area contributed by atoms with Gasteiger partial charge in [-0.2, -0.15) is 0 Å². The fourth-order valence-electron chi connectivity index (χ4n) is 2.44. The molecular weight excluding hydrogens is 296 g/mol. The van der Waals surface area contributed by atoms with Crippen molar-refractivity contribution in [3.8, 4) is 5.75 Å². The highest BCUT2D eigenvalue weighted by atomic mass is 16.5. The summed E-state index contributed by atoms with van der Waals surface area (Å²) in [5, 5.41) is 12.0. The third-order valence-electron chi connectivity index (χ3n) is 3.92. The maximum atomic E-state index is 12.1. The molecule has 6 heteroatoms. The van der Waals surface area contributed by atoms with Gasteiger partial charge in [-0.25, -0.2) is 0 Å². The van der Waals surface area contributed by atoms with Crippen LogP contribution in [-0.2, 0) is 9.59 Å². The minimum absolute atomic E-state index is 0.0374. The number of carbonyl (C=O) groups is 2. The largest absolute Gasteiger partial charge is 0.482 e. The topological polar surface area (TPSA) is 78.9 Å². The number of aliphatic carboxylic acids is 1. The smallest absolute Gasteiger partial charge is 0.308 e. The Morgan fingerprint density at radius 2 is 2.22 bits per heavy atom. The molecule has 2 N–H and O–H groups in total. The summed E-state index contributed by atoms with van der Waals surface area (Å²) in [6.45, 7) is 4.86. The summed E-state index contributed by atoms with van der Waals surface area (Å²) in [5.41, 5.74) is 1.54. The summed E-state index contributed by atoms with van der Waals surface area (Å²) in [5.74, 6) is -0.665. The summed E-state index contributed by atoms with van der Waals surface area (Å²) in [6.07, 6.45) is 3.13. The Kier molecular flexibility index (Phi) is 5.84. The number of hydrogen-bond acceptors (Lipinski definition) is 4. The number of unbranched alkanes of at least 4 members (excludes halogenated alkanes) is 2. The zero-order chi connectivity index (χ0) is 16.8. The standard InChI is InChI=1S/C17H24N2O4/c1-3-4-5-8-19-14-9-13(18-10-12(2)17(21)22)6-7-15(14)23-11-16(19)20/h6-7,9,12,18H,3-5,8,10-11H2,1-2H3,(H,21,22). The van der Waals surface area contributed by atoms with Crippen molar-refractivity contribution in [3.05, 3.63) is 18.2 Å². The predicted octanol–water partition coefficient (Wildman–Crippen LogP) is 2.73. The minimum Gasteiger partial charge on any atom is -0.482 e. The number of carbonyl (C=O) groups excluding carboxylic acids is 1. The van der Waals surface area contributed by atoms with Crippen LogP contribution >= 0.6 is 0 Å². The Balaban J connectivity index is 2.11. The molecule has 0 radical (unpaired) electrons. The molecule has 1 heterocycles. The number of rotatable bonds is 8. The minimum atomic E-state index is -0.838. The van der Waals surface area contributed by atoms with E-state index in [1.165, 1.54) is 0 Å². The van der Waals surface area contributed by atoms with Crippen molar-refractivity contribution in [1.82, 2.24) is 0 Å². The molecule has 1 amide bonds. The molecule has 0 saturated heterocycles. The number of hydrogen-bond donors (Lipinski definition) is 2. The second-order valence-corrected chi connectivity index (χ2v) is 5.84. The van der Waals surface area contributed by atoms with Crippen molar-refractivity contribution >= 4 is 23.3 Å². The van der Waals surface area contributed by atoms with Gasteiger partial charge in [0.15, 0.2) is 6.61 Å². The first-order chi connectivity index (χ1) is 11.0. The van der Waals surface area contributed by atoms with E-state index in [1.54, 1.807) is 11.8 Å². The molecule has 0 spiro atoms. The van der Waals surface area contributed by atoms with E-state index in [2.05, 4.69) is 12.2 Å². The van der Waals surface area contributed by atoms with Crippen LogP contribution in [0.15, 0.2) is 18.2 Å². The van der Waals surface area contributed by atoms with Gasteiger partial charge in [0, 0.05) is 18.8 Å². The average molecular weight is 320 g/mol. The summed E-state index contributed by atoms with van der Waals surface area (Å²) in [4.78, 5) is 24.8. The fraction of sp³-hybridized carbons (Fsp3) is 0.529. The van der Waals surface area contributed by atoms with E-state index in [4.69, 9.17) is 9.84 Å². The number of nitrogens with zero attached hydrogens (tertiary/aromatic N) is 1. The molecule has 0 saturated carbocycles. The lowest BCUT2D eigenvalue weighted by Crippen LogP contribution is -2.39. The SMILES string of the molecule is CCCCCN1C(=O)COc2ccc(NCC(C)C(=O)O)cc21. The van der Waals surface area contributed by atoms with E-state index in [1.807, 2.05) is 18.2 Å². The molecule has 1 atom stereocenters. The van der Waals surface area contributed by atoms with E-state index < -0.39 is 11.9 Å². The zero-order valence-corrected chi connectivity index (χ0v) is 13.7. The van der Waals surface area contributed by atoms with Crippen LogP contribution in [0.3, 0.4) is 0 Å². The fourth-order valence-corrected chi connectivity index (χ4v) is 2.44. The third kappa shape index (κ3) is 4.37. The van der Waals surface area contributed by atoms with Gasteiger partial charge < -0.3 is 20.1 Å². The first-order valence-corrected chi connectivity index (χ1v) is 8.06. The molecular formula is C17H24N2O4. The van der Waals surface area contributed by atoms with Crippen LogP contribution in [-0.4, -0.2) is 36.7 Å². The zero-order valence-electron chi connectivity index (χ0n) is 13.7. The van der Waals surface area contributed by atoms with Gasteiger partial charge in [-0.1, -0.05) is 26.7 Å². The third-order valence-corrected chi connectivity index (χ3v) is 3.92. The molecule has 1 unspecified atom stereocenters. The van der Waals surface area contributed by atoms with Crippen LogP contribution in [0.5, 0.6) is 5.75 Å². The Morgan fingerprint density at radius 1 is 1.43 bits per heavy atom. The van der Waals surface area contributed by atoms with Crippen LogP contribution in [0.4, 0.5) is 11.4 Å². The van der Waals surface area contributed by atoms with E-state index in [-0.39, 0.29) is 12.5 Å². The van der Waals surface area contributed by atoms with Crippen molar-refractivity contribution in [2.24, 2.45) is 5.92 Å². The quantitative estimate of drug-likeness (QED) is 0.720. The maximum absolute atomic E-state index is 12.1. The number of ether oxygens (including phenoxy) is 1. The number of carboxylic acid groups (broad SMARTS) is 1. The molecule has 0 bridgehead atoms. The summed E-state index contributed by atoms with van der Waals surface area (Å²) >= 11 is 0. The Morgan fingerprint density at radius 3 is 2.91 bits per heavy atom. The van der Waals surface area contributed by atoms with Crippen molar-refractivity contribution in [2.75, 3.05) is 29.9 Å². The number of fused-ring (bicyclic) bond motifs is 1. The Hall–Kier alpha value is -2.24. The number of benzene rings is 1. The first kappa shape index (κ1) is 17.1. The number of carboxylic acids is 1. The van der Waals surface area contributed by atoms with Gasteiger partial charge in [0.1, 0.15) is 5.75 Å². The molecule has 0 fully saturated rings. The monoisotopic (exact) mass is 320 g/mol. The summed E-state index contributed by atoms with van der Waals surface area (Å²) in [7, 11) is 0. The van der Waals surface area contributed by atoms with Crippen LogP contribution in [0.2, 0.25) is 0 Å². The molecule has 1 aromatic rings. The van der Waals surface area contributed by atoms with E-state index in [0.29, 0.717) is 18.8 Å². The van der Waals surface area contributed by atoms with Gasteiger partial charge in [0.25, 0.3) is 5.91 Å². The molecule has 23 heavy (non-hydrogen) atoms. The molecule has 6 nitrogen and oxygen atoms in total. The lowest BCUT2D eigenvalue weighted by molar-refractivity contribution is -0.140. The predicted molar refractivity (Wildman–Crippen MR) is 89.1 cm³/mol. The Bertz CT molecular complexity index is 574. The van der Waals surface area contributed by atoms with Gasteiger partial charge in [-0.3, -0.25) is 9.59 Å². The lowest BCUT2D eigenvalue weighted by atomic mass is 10.1. The number of amides is 1. The molecule has 2 rings (SSSR count). The average Bonchev–Trinajstić information content (AvgIpc) is 2.54. The van der Waals surface area contributed by atoms with E-state index >= 15 is 0 Å². The van der Waals surface area contributed by atoms with Gasteiger partial charge >= 0.3 is 5.97 Å². The normalized spacial score (nSPS) is 14.9. The summed E-state index contributed by atoms with van der Waals surface area (Å²) < 4.78 is 5.48. The lowest BCUT2D eigenvalue weighted by Gasteiger charge is -2.30. The Labute approximate surface area is 136 Å². The molecule has 1 aliphatic heterocycles. The van der Waals surface area contributed by atoms with Gasteiger partial charge in [-0.05, 0) is 24.6 Å². The number of nitrogens with one attached hydrogen (secondary N) is 1. The summed E-state index contributed by atoms with van der Waals surface area (Å²) in [6, 6.07) is 5.52. The first-order valence-electron chi connectivity index (χ1n) is 8.06. The van der Waals surface area contributed by atoms with Gasteiger partial charge in [-0.15, -0.1) is 0 Å². The molecule has 1 aromatic carbocycles. The maximum Gasteiger partial charge on any atom is 0.308 e. The van der Waals surface area contributed by atoms with Crippen molar-refractivity contribution in [1.29, 1.82) is 0 Å². The highest BCUT2D eigenvalue weighted by molar-refractivity contribution is 5.98. The molecule has 126 valence electrons. The van der Waals surface area contributed by atoms with Crippen molar-refractivity contribution in [2.45, 2.75) is 33.1 Å². The van der Waals surface area contributed by atoms with E-state index in [0.717, 1.165) is 30.6 Å². The number of anilines is 2. The van der Waals surface area contributed by atoms with E-state index in [9.17, 15) is 9.59 Å². The van der Waals surface area contributed by atoms with Gasteiger partial charge in [0.05, 0.1) is 11.6 Å². The van der Waals surface area contributed by atoms with Crippen LogP contribution in [0.1, 0.15) is 33.1 Å². The second-order valence-electron chi connectivity index (χ2n) is 5.84. The van der Waals surface area contributed by atoms with Crippen LogP contribution in [0, 0.1) is 5.92 Å². The molecule has 0 aromatic heterocycles. The highest BCUT2D eigenvalue weighted by Gasteiger charge is 2.25. The van der Waals surface area contributed by atoms with Crippen molar-refractivity contribution < 1.29 is 19.4 Å². The van der Waals surface area contributed by atoms with Crippen molar-refractivity contribution in [3.63, 3.8) is 0 Å². The van der Waals surface area contributed by atoms with Crippen LogP contribution < -0.4 is 15.0 Å². The molecule has 1 aliphatic rings. The second kappa shape index (κ2) is 7.85.